The number of hydrogen-bond acceptors (Lipinski definition) is 9. The van der Waals surface area contributed by atoms with Crippen LogP contribution >= 0.6 is 0 Å². The van der Waals surface area contributed by atoms with Crippen molar-refractivity contribution in [1.29, 1.82) is 0 Å². The summed E-state index contributed by atoms with van der Waals surface area (Å²) in [5.41, 5.74) is -2.24. The fourth-order valence-electron chi connectivity index (χ4n) is 3.41. The van der Waals surface area contributed by atoms with E-state index < -0.39 is 57.9 Å². The Balaban J connectivity index is 0.00000408. The van der Waals surface area contributed by atoms with Gasteiger partial charge in [-0.25, -0.2) is 9.36 Å². The van der Waals surface area contributed by atoms with Crippen LogP contribution in [0.25, 0.3) is 0 Å². The van der Waals surface area contributed by atoms with Crippen LogP contribution in [0.3, 0.4) is 0 Å². The first-order valence-electron chi connectivity index (χ1n) is 10.0. The summed E-state index contributed by atoms with van der Waals surface area (Å²) in [5.74, 6) is 0. The van der Waals surface area contributed by atoms with Crippen molar-refractivity contribution in [2.45, 2.75) is 57.2 Å². The average molecular weight is 510 g/mol. The van der Waals surface area contributed by atoms with Gasteiger partial charge in [0.15, 0.2) is 11.7 Å². The summed E-state index contributed by atoms with van der Waals surface area (Å²) >= 11 is 0. The van der Waals surface area contributed by atoms with Crippen molar-refractivity contribution >= 4 is 39.7 Å². The van der Waals surface area contributed by atoms with E-state index in [2.05, 4.69) is 0 Å². The zero-order valence-electron chi connectivity index (χ0n) is 18.0. The van der Waals surface area contributed by atoms with E-state index in [9.17, 15) is 32.8 Å². The van der Waals surface area contributed by atoms with Gasteiger partial charge in [0.25, 0.3) is 15.7 Å². The molecule has 1 saturated heterocycles. The van der Waals surface area contributed by atoms with Gasteiger partial charge < -0.3 is 24.4 Å². The molecule has 0 saturated carbocycles. The van der Waals surface area contributed by atoms with E-state index in [1.807, 2.05) is 30.3 Å². The van der Waals surface area contributed by atoms with Crippen LogP contribution in [0.4, 0.5) is 0 Å². The monoisotopic (exact) mass is 510 g/mol. The topological polar surface area (TPSA) is 167 Å². The van der Waals surface area contributed by atoms with E-state index >= 15 is 0 Å². The predicted molar refractivity (Wildman–Crippen MR) is 121 cm³/mol. The SMILES string of the molecule is Cc1cn([C@H]2O[C@@H](CO)C(O)C2OC(C)S(=O)(=O)O)c(=O)n(COCc2ccccc2)c1=O.[NaH]. The number of aliphatic hydroxyl groups excluding tert-OH is 2. The second-order valence-electron chi connectivity index (χ2n) is 7.62. The van der Waals surface area contributed by atoms with Crippen LogP contribution in [0, 0.1) is 6.92 Å². The van der Waals surface area contributed by atoms with Gasteiger partial charge in [-0.3, -0.25) is 13.9 Å². The second-order valence-corrected chi connectivity index (χ2v) is 9.31. The molecule has 12 nitrogen and oxygen atoms in total. The van der Waals surface area contributed by atoms with Crippen LogP contribution in [0.1, 0.15) is 24.3 Å². The summed E-state index contributed by atoms with van der Waals surface area (Å²) in [7, 11) is -4.63. The minimum atomic E-state index is -4.63. The fourth-order valence-corrected chi connectivity index (χ4v) is 3.68. The Morgan fingerprint density at radius 3 is 2.44 bits per heavy atom. The molecule has 184 valence electrons. The molecular formula is C20H27N2NaO10S. The summed E-state index contributed by atoms with van der Waals surface area (Å²) in [6.45, 7) is 1.62. The van der Waals surface area contributed by atoms with Gasteiger partial charge in [-0.15, -0.1) is 0 Å². The Morgan fingerprint density at radius 1 is 1.21 bits per heavy atom. The molecule has 34 heavy (non-hydrogen) atoms. The van der Waals surface area contributed by atoms with Gasteiger partial charge in [-0.05, 0) is 19.4 Å². The third kappa shape index (κ3) is 6.43. The summed E-state index contributed by atoms with van der Waals surface area (Å²) in [6.07, 6.45) is -4.38. The number of aryl methyl sites for hydroxylation is 1. The quantitative estimate of drug-likeness (QED) is 0.273. The summed E-state index contributed by atoms with van der Waals surface area (Å²) in [4.78, 5) is 25.7. The zero-order valence-corrected chi connectivity index (χ0v) is 18.8. The normalized spacial score (nSPS) is 23.4. The van der Waals surface area contributed by atoms with Crippen LogP contribution in [0.2, 0.25) is 0 Å². The van der Waals surface area contributed by atoms with Gasteiger partial charge in [0, 0.05) is 11.8 Å². The first-order chi connectivity index (χ1) is 15.5. The number of aromatic nitrogens is 2. The van der Waals surface area contributed by atoms with Crippen LogP contribution < -0.4 is 11.2 Å². The standard InChI is InChI=1S/C20H26N2O10S.Na.H/c1-12-8-21(19-17(16(24)15(9-23)32-19)31-13(2)33(27,28)29)20(26)22(18(12)25)11-30-10-14-6-4-3-5-7-14;;/h3-8,13,15-17,19,23-24H,9-11H2,1-2H3,(H,27,28,29);;/t13?,15-,16?,17?,19-;;/m0../s1. The maximum atomic E-state index is 13.1. The van der Waals surface area contributed by atoms with Crippen molar-refractivity contribution in [1.82, 2.24) is 9.13 Å². The van der Waals surface area contributed by atoms with Crippen molar-refractivity contribution in [3.05, 3.63) is 68.5 Å². The summed E-state index contributed by atoms with van der Waals surface area (Å²) < 4.78 is 50.2. The van der Waals surface area contributed by atoms with Crippen LogP contribution in [0.15, 0.2) is 46.1 Å². The van der Waals surface area contributed by atoms with E-state index in [0.717, 1.165) is 21.6 Å². The Hall–Kier alpha value is -1.39. The Bertz CT molecular complexity index is 1180. The van der Waals surface area contributed by atoms with Crippen molar-refractivity contribution in [2.24, 2.45) is 0 Å². The van der Waals surface area contributed by atoms with Gasteiger partial charge in [0.05, 0.1) is 13.2 Å². The minimum absolute atomic E-state index is 0. The molecule has 3 N–H and O–H groups in total. The summed E-state index contributed by atoms with van der Waals surface area (Å²) in [6, 6.07) is 9.11. The second kappa shape index (κ2) is 12.0. The molecule has 0 spiro atoms. The predicted octanol–water partition coefficient (Wildman–Crippen LogP) is -1.29. The fraction of sp³-hybridized carbons (Fsp3) is 0.500. The Kier molecular flexibility index (Phi) is 10.2. The molecule has 1 aromatic heterocycles. The van der Waals surface area contributed by atoms with Crippen LogP contribution in [-0.2, 0) is 37.7 Å². The molecule has 5 atom stereocenters. The number of aliphatic hydroxyl groups is 2. The summed E-state index contributed by atoms with van der Waals surface area (Å²) in [5, 5.41) is 19.9. The molecule has 0 bridgehead atoms. The number of benzene rings is 1. The molecule has 1 aromatic carbocycles. The molecular weight excluding hydrogens is 483 g/mol. The van der Waals surface area contributed by atoms with Gasteiger partial charge >= 0.3 is 35.2 Å². The molecule has 1 fully saturated rings. The number of rotatable bonds is 9. The zero-order chi connectivity index (χ0) is 24.3. The van der Waals surface area contributed by atoms with Crippen LogP contribution in [0.5, 0.6) is 0 Å². The van der Waals surface area contributed by atoms with Gasteiger partial charge in [0.2, 0.25) is 0 Å². The Labute approximate surface area is 217 Å². The van der Waals surface area contributed by atoms with E-state index in [0.29, 0.717) is 0 Å². The molecule has 1 aliphatic rings. The average Bonchev–Trinajstić information content (AvgIpc) is 3.08. The van der Waals surface area contributed by atoms with Crippen molar-refractivity contribution < 1.29 is 37.4 Å². The van der Waals surface area contributed by atoms with Gasteiger partial charge in [0.1, 0.15) is 25.0 Å². The number of hydrogen-bond donors (Lipinski definition) is 3. The van der Waals surface area contributed by atoms with E-state index in [1.165, 1.54) is 13.1 Å². The van der Waals surface area contributed by atoms with Crippen molar-refractivity contribution in [3.63, 3.8) is 0 Å². The van der Waals surface area contributed by atoms with E-state index in [4.69, 9.17) is 14.2 Å². The maximum absolute atomic E-state index is 13.1. The number of ether oxygens (including phenoxy) is 3. The molecule has 14 heteroatoms. The Morgan fingerprint density at radius 2 is 1.85 bits per heavy atom. The molecule has 1 aliphatic heterocycles. The van der Waals surface area contributed by atoms with E-state index in [1.54, 1.807) is 0 Å². The third-order valence-corrected chi connectivity index (χ3v) is 6.18. The first kappa shape index (κ1) is 28.8. The number of nitrogens with zero attached hydrogens (tertiary/aromatic N) is 2. The molecule has 0 radical (unpaired) electrons. The molecule has 0 aliphatic carbocycles. The van der Waals surface area contributed by atoms with E-state index in [-0.39, 0.29) is 48.5 Å². The molecule has 3 unspecified atom stereocenters. The first-order valence-corrected chi connectivity index (χ1v) is 11.5. The van der Waals surface area contributed by atoms with Crippen molar-refractivity contribution in [2.75, 3.05) is 6.61 Å². The van der Waals surface area contributed by atoms with Crippen molar-refractivity contribution in [3.8, 4) is 0 Å². The van der Waals surface area contributed by atoms with Crippen LogP contribution in [-0.4, -0.2) is 92.2 Å². The molecule has 0 amide bonds. The molecule has 2 heterocycles. The molecule has 3 rings (SSSR count). The molecule has 2 aromatic rings. The van der Waals surface area contributed by atoms with Gasteiger partial charge in [-0.1, -0.05) is 30.3 Å². The van der Waals surface area contributed by atoms with Gasteiger partial charge in [-0.2, -0.15) is 8.42 Å². The third-order valence-electron chi connectivity index (χ3n) is 5.23.